The van der Waals surface area contributed by atoms with Crippen LogP contribution < -0.4 is 10.6 Å². The highest BCUT2D eigenvalue weighted by atomic mass is 35.5. The molecule has 0 fully saturated rings. The summed E-state index contributed by atoms with van der Waals surface area (Å²) in [5.41, 5.74) is 0.242. The van der Waals surface area contributed by atoms with E-state index in [-0.39, 0.29) is 16.8 Å². The Bertz CT molecular complexity index is 674. The fourth-order valence-electron chi connectivity index (χ4n) is 2.29. The van der Waals surface area contributed by atoms with Crippen LogP contribution in [0.15, 0.2) is 24.5 Å². The first-order valence-corrected chi connectivity index (χ1v) is 6.89. The van der Waals surface area contributed by atoms with Gasteiger partial charge in [-0.15, -0.1) is 0 Å². The first kappa shape index (κ1) is 13.8. The third kappa shape index (κ3) is 3.13. The molecular formula is C13H13ClFN5O. The van der Waals surface area contributed by atoms with Gasteiger partial charge in [-0.05, 0) is 24.6 Å². The van der Waals surface area contributed by atoms with Gasteiger partial charge in [-0.3, -0.25) is 0 Å². The van der Waals surface area contributed by atoms with Gasteiger partial charge in [0.05, 0.1) is 23.3 Å². The summed E-state index contributed by atoms with van der Waals surface area (Å²) in [5.74, 6) is 0.459. The molecular weight excluding hydrogens is 297 g/mol. The van der Waals surface area contributed by atoms with Crippen molar-refractivity contribution in [1.29, 1.82) is 0 Å². The van der Waals surface area contributed by atoms with Crippen LogP contribution in [-0.4, -0.2) is 26.8 Å². The van der Waals surface area contributed by atoms with Crippen molar-refractivity contribution in [3.63, 3.8) is 0 Å². The molecule has 2 N–H and O–H groups in total. The molecule has 2 heterocycles. The van der Waals surface area contributed by atoms with E-state index in [4.69, 9.17) is 11.6 Å². The standard InChI is InChI=1S/C13H13ClFN5O/c14-10-3-1-8(15)5-11(10)19-13(21)18-9-2-4-12-16-7-17-20(12)6-9/h1,3,5,7,9H,2,4,6H2,(H2,18,19,21)/t9-/m0/s1. The van der Waals surface area contributed by atoms with Gasteiger partial charge in [-0.25, -0.2) is 18.9 Å². The summed E-state index contributed by atoms with van der Waals surface area (Å²) in [6.45, 7) is 0.569. The number of fused-ring (bicyclic) bond motifs is 1. The molecule has 1 aliphatic heterocycles. The summed E-state index contributed by atoms with van der Waals surface area (Å²) in [4.78, 5) is 16.1. The molecule has 0 radical (unpaired) electrons. The number of carbonyl (C=O) groups is 1. The number of benzene rings is 1. The van der Waals surface area contributed by atoms with Crippen LogP contribution in [0.5, 0.6) is 0 Å². The molecule has 0 bridgehead atoms. The number of rotatable bonds is 2. The molecule has 0 saturated heterocycles. The molecule has 0 spiro atoms. The number of nitrogens with zero attached hydrogens (tertiary/aromatic N) is 3. The minimum absolute atomic E-state index is 0.0495. The maximum atomic E-state index is 13.1. The number of nitrogens with one attached hydrogen (secondary N) is 2. The largest absolute Gasteiger partial charge is 0.333 e. The Morgan fingerprint density at radius 3 is 3.19 bits per heavy atom. The minimum atomic E-state index is -0.459. The van der Waals surface area contributed by atoms with Crippen molar-refractivity contribution in [2.24, 2.45) is 0 Å². The molecule has 2 aromatic rings. The Kier molecular flexibility index (Phi) is 3.74. The number of aryl methyl sites for hydroxylation is 1. The maximum absolute atomic E-state index is 13.1. The van der Waals surface area contributed by atoms with Crippen LogP contribution >= 0.6 is 11.6 Å². The van der Waals surface area contributed by atoms with Crippen molar-refractivity contribution in [3.05, 3.63) is 41.2 Å². The van der Waals surface area contributed by atoms with Gasteiger partial charge in [0.1, 0.15) is 18.0 Å². The van der Waals surface area contributed by atoms with E-state index in [2.05, 4.69) is 20.7 Å². The molecule has 0 saturated carbocycles. The van der Waals surface area contributed by atoms with Crippen LogP contribution in [0, 0.1) is 5.82 Å². The average molecular weight is 310 g/mol. The van der Waals surface area contributed by atoms with Gasteiger partial charge >= 0.3 is 6.03 Å². The Hall–Kier alpha value is -2.15. The lowest BCUT2D eigenvalue weighted by Crippen LogP contribution is -2.43. The van der Waals surface area contributed by atoms with E-state index in [1.165, 1.54) is 24.5 Å². The highest BCUT2D eigenvalue weighted by Gasteiger charge is 2.21. The second-order valence-corrected chi connectivity index (χ2v) is 5.22. The fourth-order valence-corrected chi connectivity index (χ4v) is 2.46. The Balaban J connectivity index is 1.61. The number of carbonyl (C=O) groups excluding carboxylic acids is 1. The van der Waals surface area contributed by atoms with Crippen molar-refractivity contribution in [2.75, 3.05) is 5.32 Å². The van der Waals surface area contributed by atoms with E-state index in [1.807, 2.05) is 0 Å². The number of hydrogen-bond donors (Lipinski definition) is 2. The Labute approximate surface area is 125 Å². The van der Waals surface area contributed by atoms with E-state index in [0.29, 0.717) is 6.54 Å². The topological polar surface area (TPSA) is 71.8 Å². The van der Waals surface area contributed by atoms with Crippen LogP contribution in [0.3, 0.4) is 0 Å². The summed E-state index contributed by atoms with van der Waals surface area (Å²) >= 11 is 5.90. The normalized spacial score (nSPS) is 17.1. The number of hydrogen-bond acceptors (Lipinski definition) is 3. The third-order valence-electron chi connectivity index (χ3n) is 3.32. The predicted molar refractivity (Wildman–Crippen MR) is 75.7 cm³/mol. The van der Waals surface area contributed by atoms with E-state index < -0.39 is 11.8 Å². The summed E-state index contributed by atoms with van der Waals surface area (Å²) in [6.07, 6.45) is 3.04. The van der Waals surface area contributed by atoms with Gasteiger partial charge in [-0.1, -0.05) is 11.6 Å². The van der Waals surface area contributed by atoms with Gasteiger partial charge in [-0.2, -0.15) is 5.10 Å². The first-order chi connectivity index (χ1) is 10.1. The first-order valence-electron chi connectivity index (χ1n) is 6.51. The van der Waals surface area contributed by atoms with Crippen LogP contribution in [0.4, 0.5) is 14.9 Å². The molecule has 0 unspecified atom stereocenters. The number of anilines is 1. The molecule has 110 valence electrons. The fraction of sp³-hybridized carbons (Fsp3) is 0.308. The van der Waals surface area contributed by atoms with Crippen LogP contribution in [0.2, 0.25) is 5.02 Å². The molecule has 3 rings (SSSR count). The monoisotopic (exact) mass is 309 g/mol. The lowest BCUT2D eigenvalue weighted by atomic mass is 10.1. The van der Waals surface area contributed by atoms with Crippen LogP contribution in [0.25, 0.3) is 0 Å². The van der Waals surface area contributed by atoms with Crippen molar-refractivity contribution < 1.29 is 9.18 Å². The minimum Gasteiger partial charge on any atom is -0.333 e. The van der Waals surface area contributed by atoms with Gasteiger partial charge < -0.3 is 10.6 Å². The molecule has 1 aliphatic rings. The number of urea groups is 1. The zero-order chi connectivity index (χ0) is 14.8. The number of amides is 2. The van der Waals surface area contributed by atoms with E-state index in [1.54, 1.807) is 4.68 Å². The second kappa shape index (κ2) is 5.69. The molecule has 1 aromatic heterocycles. The Morgan fingerprint density at radius 2 is 2.33 bits per heavy atom. The van der Waals surface area contributed by atoms with Crippen molar-refractivity contribution >= 4 is 23.3 Å². The average Bonchev–Trinajstić information content (AvgIpc) is 2.90. The summed E-state index contributed by atoms with van der Waals surface area (Å²) < 4.78 is 14.9. The maximum Gasteiger partial charge on any atom is 0.319 e. The third-order valence-corrected chi connectivity index (χ3v) is 3.65. The van der Waals surface area contributed by atoms with E-state index in [9.17, 15) is 9.18 Å². The van der Waals surface area contributed by atoms with Crippen LogP contribution in [-0.2, 0) is 13.0 Å². The Morgan fingerprint density at radius 1 is 1.48 bits per heavy atom. The lowest BCUT2D eigenvalue weighted by molar-refractivity contribution is 0.243. The smallest absolute Gasteiger partial charge is 0.319 e. The van der Waals surface area contributed by atoms with Gasteiger partial charge in [0.15, 0.2) is 0 Å². The summed E-state index contributed by atoms with van der Waals surface area (Å²) in [5, 5.41) is 9.75. The second-order valence-electron chi connectivity index (χ2n) is 4.82. The quantitative estimate of drug-likeness (QED) is 0.893. The SMILES string of the molecule is O=C(Nc1cc(F)ccc1Cl)N[C@H]1CCc2ncnn2C1. The zero-order valence-corrected chi connectivity index (χ0v) is 11.8. The van der Waals surface area contributed by atoms with Crippen molar-refractivity contribution in [1.82, 2.24) is 20.1 Å². The van der Waals surface area contributed by atoms with Gasteiger partial charge in [0.2, 0.25) is 0 Å². The lowest BCUT2D eigenvalue weighted by Gasteiger charge is -2.23. The van der Waals surface area contributed by atoms with Crippen molar-refractivity contribution in [3.8, 4) is 0 Å². The van der Waals surface area contributed by atoms with Gasteiger partial charge in [0.25, 0.3) is 0 Å². The highest BCUT2D eigenvalue weighted by Crippen LogP contribution is 2.22. The molecule has 21 heavy (non-hydrogen) atoms. The summed E-state index contributed by atoms with van der Waals surface area (Å²) in [6, 6.07) is 3.34. The molecule has 1 aromatic carbocycles. The van der Waals surface area contributed by atoms with Crippen LogP contribution in [0.1, 0.15) is 12.2 Å². The van der Waals surface area contributed by atoms with Crippen molar-refractivity contribution in [2.45, 2.75) is 25.4 Å². The van der Waals surface area contributed by atoms with E-state index >= 15 is 0 Å². The molecule has 8 heteroatoms. The predicted octanol–water partition coefficient (Wildman–Crippen LogP) is 2.21. The molecule has 2 amide bonds. The molecule has 0 aliphatic carbocycles. The molecule has 6 nitrogen and oxygen atoms in total. The number of halogens is 2. The summed E-state index contributed by atoms with van der Waals surface area (Å²) in [7, 11) is 0. The zero-order valence-electron chi connectivity index (χ0n) is 11.0. The highest BCUT2D eigenvalue weighted by molar-refractivity contribution is 6.33. The van der Waals surface area contributed by atoms with E-state index in [0.717, 1.165) is 18.7 Å². The molecule has 1 atom stereocenters. The number of aromatic nitrogens is 3. The van der Waals surface area contributed by atoms with Gasteiger partial charge in [0, 0.05) is 6.42 Å².